The van der Waals surface area contributed by atoms with Crippen LogP contribution in [-0.2, 0) is 6.54 Å². The summed E-state index contributed by atoms with van der Waals surface area (Å²) in [5.74, 6) is 0.410. The molecule has 2 atom stereocenters. The fourth-order valence-corrected chi connectivity index (χ4v) is 3.80. The summed E-state index contributed by atoms with van der Waals surface area (Å²) >= 11 is 1.71. The van der Waals surface area contributed by atoms with E-state index in [2.05, 4.69) is 22.8 Å². The zero-order valence-corrected chi connectivity index (χ0v) is 13.0. The highest BCUT2D eigenvalue weighted by Crippen LogP contribution is 2.25. The lowest BCUT2D eigenvalue weighted by molar-refractivity contribution is 0.152. The van der Waals surface area contributed by atoms with Crippen LogP contribution in [0.25, 0.3) is 11.3 Å². The number of rotatable bonds is 5. The first kappa shape index (κ1) is 14.7. The normalized spacial score (nSPS) is 22.3. The number of aromatic nitrogens is 1. The Bertz CT molecular complexity index is 555. The van der Waals surface area contributed by atoms with E-state index in [9.17, 15) is 5.11 Å². The summed E-state index contributed by atoms with van der Waals surface area (Å²) in [6, 6.07) is 10.7. The summed E-state index contributed by atoms with van der Waals surface area (Å²) in [6.07, 6.45) is 4.82. The van der Waals surface area contributed by atoms with E-state index < -0.39 is 0 Å². The van der Waals surface area contributed by atoms with E-state index in [0.29, 0.717) is 18.6 Å². The number of hydrogen-bond acceptors (Lipinski definition) is 4. The van der Waals surface area contributed by atoms with E-state index in [1.165, 1.54) is 24.8 Å². The molecule has 112 valence electrons. The van der Waals surface area contributed by atoms with Crippen LogP contribution in [0.5, 0.6) is 0 Å². The number of thiazole rings is 1. The van der Waals surface area contributed by atoms with Crippen LogP contribution in [0.4, 0.5) is 0 Å². The number of aliphatic hydroxyl groups excluding tert-OH is 1. The predicted octanol–water partition coefficient (Wildman–Crippen LogP) is 3.45. The molecule has 1 aromatic heterocycles. The molecule has 1 heterocycles. The van der Waals surface area contributed by atoms with Gasteiger partial charge >= 0.3 is 0 Å². The molecular weight excluding hydrogens is 280 g/mol. The molecular formula is C17H22N2OS. The molecule has 0 aliphatic heterocycles. The highest BCUT2D eigenvalue weighted by Gasteiger charge is 2.24. The van der Waals surface area contributed by atoms with Crippen molar-refractivity contribution in [1.29, 1.82) is 0 Å². The second-order valence-corrected chi connectivity index (χ2v) is 6.65. The monoisotopic (exact) mass is 302 g/mol. The summed E-state index contributed by atoms with van der Waals surface area (Å²) in [7, 11) is 0. The molecule has 3 nitrogen and oxygen atoms in total. The number of hydrogen-bond donors (Lipinski definition) is 2. The number of benzene rings is 1. The Labute approximate surface area is 130 Å². The molecule has 2 N–H and O–H groups in total. The molecule has 1 aliphatic rings. The van der Waals surface area contributed by atoms with Crippen LogP contribution in [0.2, 0.25) is 0 Å². The van der Waals surface area contributed by atoms with Crippen LogP contribution in [-0.4, -0.2) is 22.7 Å². The van der Waals surface area contributed by atoms with Crippen molar-refractivity contribution in [2.75, 3.05) is 6.61 Å². The molecule has 1 fully saturated rings. The van der Waals surface area contributed by atoms with E-state index in [4.69, 9.17) is 4.98 Å². The first-order chi connectivity index (χ1) is 10.4. The number of aliphatic hydroxyl groups is 1. The molecule has 0 amide bonds. The van der Waals surface area contributed by atoms with Gasteiger partial charge < -0.3 is 10.4 Å². The zero-order valence-electron chi connectivity index (χ0n) is 12.2. The maximum atomic E-state index is 9.46. The minimum atomic E-state index is 0.296. The van der Waals surface area contributed by atoms with Crippen LogP contribution in [0, 0.1) is 5.92 Å². The average Bonchev–Trinajstić information content (AvgIpc) is 3.03. The van der Waals surface area contributed by atoms with Gasteiger partial charge in [-0.1, -0.05) is 43.2 Å². The molecule has 21 heavy (non-hydrogen) atoms. The van der Waals surface area contributed by atoms with Crippen molar-refractivity contribution in [3.63, 3.8) is 0 Å². The van der Waals surface area contributed by atoms with Gasteiger partial charge in [0.1, 0.15) is 5.01 Å². The highest BCUT2D eigenvalue weighted by molar-refractivity contribution is 7.09. The fraction of sp³-hybridized carbons (Fsp3) is 0.471. The molecule has 0 saturated heterocycles. The van der Waals surface area contributed by atoms with Gasteiger partial charge in [0.25, 0.3) is 0 Å². The molecule has 0 spiro atoms. The zero-order chi connectivity index (χ0) is 14.5. The summed E-state index contributed by atoms with van der Waals surface area (Å²) in [6.45, 7) is 1.10. The summed E-state index contributed by atoms with van der Waals surface area (Å²) < 4.78 is 0. The molecule has 1 saturated carbocycles. The quantitative estimate of drug-likeness (QED) is 0.889. The smallest absolute Gasteiger partial charge is 0.107 e. The van der Waals surface area contributed by atoms with Crippen LogP contribution >= 0.6 is 11.3 Å². The molecule has 1 aromatic carbocycles. The van der Waals surface area contributed by atoms with Gasteiger partial charge in [-0.2, -0.15) is 0 Å². The number of nitrogens with zero attached hydrogens (tertiary/aromatic N) is 1. The molecule has 3 rings (SSSR count). The van der Waals surface area contributed by atoms with Gasteiger partial charge in [0.2, 0.25) is 0 Å². The van der Waals surface area contributed by atoms with E-state index >= 15 is 0 Å². The lowest BCUT2D eigenvalue weighted by atomic mass is 9.85. The third-order valence-corrected chi connectivity index (χ3v) is 5.13. The fourth-order valence-electron chi connectivity index (χ4n) is 3.05. The second-order valence-electron chi connectivity index (χ2n) is 5.71. The van der Waals surface area contributed by atoms with Crippen LogP contribution in [0.1, 0.15) is 30.7 Å². The topological polar surface area (TPSA) is 45.1 Å². The standard InChI is InChI=1S/C17H22N2OS/c20-11-14-8-4-5-9-15(14)18-10-17-19-16(12-21-17)13-6-2-1-3-7-13/h1-3,6-7,12,14-15,18,20H,4-5,8-11H2. The Morgan fingerprint density at radius 1 is 1.19 bits per heavy atom. The highest BCUT2D eigenvalue weighted by atomic mass is 32.1. The van der Waals surface area contributed by atoms with Gasteiger partial charge in [0, 0.05) is 30.1 Å². The first-order valence-electron chi connectivity index (χ1n) is 7.71. The molecule has 0 bridgehead atoms. The van der Waals surface area contributed by atoms with Crippen molar-refractivity contribution in [3.05, 3.63) is 40.7 Å². The minimum Gasteiger partial charge on any atom is -0.396 e. The van der Waals surface area contributed by atoms with Crippen molar-refractivity contribution >= 4 is 11.3 Å². The average molecular weight is 302 g/mol. The molecule has 1 aliphatic carbocycles. The third kappa shape index (κ3) is 3.70. The van der Waals surface area contributed by atoms with Gasteiger partial charge in [0.15, 0.2) is 0 Å². The molecule has 2 unspecified atom stereocenters. The summed E-state index contributed by atoms with van der Waals surface area (Å²) in [5.41, 5.74) is 2.23. The van der Waals surface area contributed by atoms with Crippen LogP contribution < -0.4 is 5.32 Å². The Balaban J connectivity index is 1.60. The van der Waals surface area contributed by atoms with Crippen molar-refractivity contribution < 1.29 is 5.11 Å². The van der Waals surface area contributed by atoms with Crippen LogP contribution in [0.15, 0.2) is 35.7 Å². The van der Waals surface area contributed by atoms with E-state index in [1.54, 1.807) is 11.3 Å². The van der Waals surface area contributed by atoms with Gasteiger partial charge in [0.05, 0.1) is 5.69 Å². The first-order valence-corrected chi connectivity index (χ1v) is 8.59. The van der Waals surface area contributed by atoms with Crippen molar-refractivity contribution in [2.24, 2.45) is 5.92 Å². The Morgan fingerprint density at radius 2 is 2.00 bits per heavy atom. The molecule has 0 radical (unpaired) electrons. The Kier molecular flexibility index (Phi) is 5.01. The van der Waals surface area contributed by atoms with Crippen molar-refractivity contribution in [2.45, 2.75) is 38.3 Å². The molecule has 2 aromatic rings. The third-order valence-electron chi connectivity index (χ3n) is 4.28. The van der Waals surface area contributed by atoms with Gasteiger partial charge in [-0.3, -0.25) is 0 Å². The lowest BCUT2D eigenvalue weighted by Gasteiger charge is -2.30. The largest absolute Gasteiger partial charge is 0.396 e. The van der Waals surface area contributed by atoms with E-state index in [-0.39, 0.29) is 0 Å². The summed E-state index contributed by atoms with van der Waals surface area (Å²) in [5, 5.41) is 16.3. The maximum absolute atomic E-state index is 9.46. The van der Waals surface area contributed by atoms with Gasteiger partial charge in [-0.05, 0) is 18.8 Å². The second kappa shape index (κ2) is 7.16. The number of nitrogens with one attached hydrogen (secondary N) is 1. The van der Waals surface area contributed by atoms with Gasteiger partial charge in [-0.25, -0.2) is 4.98 Å². The van der Waals surface area contributed by atoms with E-state index in [0.717, 1.165) is 23.7 Å². The Hall–Kier alpha value is -1.23. The van der Waals surface area contributed by atoms with Crippen molar-refractivity contribution in [3.8, 4) is 11.3 Å². The minimum absolute atomic E-state index is 0.296. The SMILES string of the molecule is OCC1CCCCC1NCc1nc(-c2ccccc2)cs1. The lowest BCUT2D eigenvalue weighted by Crippen LogP contribution is -2.39. The summed E-state index contributed by atoms with van der Waals surface area (Å²) in [4.78, 5) is 4.71. The predicted molar refractivity (Wildman–Crippen MR) is 87.2 cm³/mol. The van der Waals surface area contributed by atoms with Crippen LogP contribution in [0.3, 0.4) is 0 Å². The van der Waals surface area contributed by atoms with E-state index in [1.807, 2.05) is 18.2 Å². The maximum Gasteiger partial charge on any atom is 0.107 e. The van der Waals surface area contributed by atoms with Gasteiger partial charge in [-0.15, -0.1) is 11.3 Å². The van der Waals surface area contributed by atoms with Crippen molar-refractivity contribution in [1.82, 2.24) is 10.3 Å². The molecule has 4 heteroatoms. The Morgan fingerprint density at radius 3 is 2.81 bits per heavy atom.